The van der Waals surface area contributed by atoms with Gasteiger partial charge < -0.3 is 9.47 Å². The second-order valence-corrected chi connectivity index (χ2v) is 16.9. The van der Waals surface area contributed by atoms with Gasteiger partial charge in [0.05, 0.1) is 16.6 Å². The van der Waals surface area contributed by atoms with Gasteiger partial charge >= 0.3 is 0 Å². The lowest BCUT2D eigenvalue weighted by molar-refractivity contribution is 0.768. The monoisotopic (exact) mass is 828 g/mol. The standard InChI is InChI=1S/C63H44N2/c1-6-19-46(20-7-1)55-30-18-31-56(48-35-39-60-58(44-48)57-29-16-17-32-59(57)63(60,50-21-8-2-9-22-50)51-23-10-3-11-24-51)62(55)65(53-27-14-5-15-28-53)54-37-33-45(34-38-54)47-36-40-61-49(43-47)41-42-64(61)52-25-12-4-13-26-52/h1-44H. The van der Waals surface area contributed by atoms with E-state index in [0.29, 0.717) is 0 Å². The largest absolute Gasteiger partial charge is 0.317 e. The number of benzene rings is 10. The first-order valence-corrected chi connectivity index (χ1v) is 22.4. The minimum Gasteiger partial charge on any atom is -0.317 e. The van der Waals surface area contributed by atoms with E-state index in [-0.39, 0.29) is 0 Å². The summed E-state index contributed by atoms with van der Waals surface area (Å²) >= 11 is 0. The molecular formula is C63H44N2. The van der Waals surface area contributed by atoms with E-state index in [2.05, 4.69) is 277 Å². The topological polar surface area (TPSA) is 8.17 Å². The summed E-state index contributed by atoms with van der Waals surface area (Å²) in [5.74, 6) is 0. The minimum absolute atomic E-state index is 0.462. The van der Waals surface area contributed by atoms with Crippen LogP contribution in [0.3, 0.4) is 0 Å². The van der Waals surface area contributed by atoms with Crippen LogP contribution in [0.4, 0.5) is 17.1 Å². The fourth-order valence-corrected chi connectivity index (χ4v) is 10.4. The molecule has 2 nitrogen and oxygen atoms in total. The number of anilines is 3. The van der Waals surface area contributed by atoms with Gasteiger partial charge in [0, 0.05) is 39.8 Å². The van der Waals surface area contributed by atoms with Crippen LogP contribution in [0.5, 0.6) is 0 Å². The van der Waals surface area contributed by atoms with Gasteiger partial charge in [-0.1, -0.05) is 200 Å². The molecule has 1 aromatic heterocycles. The Morgan fingerprint density at radius 1 is 0.323 bits per heavy atom. The van der Waals surface area contributed by atoms with Crippen LogP contribution < -0.4 is 4.90 Å². The van der Waals surface area contributed by atoms with Crippen molar-refractivity contribution in [3.63, 3.8) is 0 Å². The second kappa shape index (κ2) is 16.0. The molecule has 0 atom stereocenters. The molecule has 2 heteroatoms. The highest BCUT2D eigenvalue weighted by atomic mass is 15.1. The van der Waals surface area contributed by atoms with Crippen molar-refractivity contribution in [3.8, 4) is 50.2 Å². The van der Waals surface area contributed by atoms with Crippen LogP contribution in [0.15, 0.2) is 267 Å². The lowest BCUT2D eigenvalue weighted by Gasteiger charge is -2.34. The second-order valence-electron chi connectivity index (χ2n) is 16.9. The smallest absolute Gasteiger partial charge is 0.0713 e. The fourth-order valence-electron chi connectivity index (χ4n) is 10.4. The van der Waals surface area contributed by atoms with Crippen molar-refractivity contribution in [1.29, 1.82) is 0 Å². The molecule has 0 bridgehead atoms. The third-order valence-corrected chi connectivity index (χ3v) is 13.3. The molecule has 1 aliphatic carbocycles. The lowest BCUT2D eigenvalue weighted by atomic mass is 9.67. The summed E-state index contributed by atoms with van der Waals surface area (Å²) in [7, 11) is 0. The summed E-state index contributed by atoms with van der Waals surface area (Å²) in [5, 5.41) is 1.21. The molecule has 0 radical (unpaired) electrons. The van der Waals surface area contributed by atoms with Crippen molar-refractivity contribution in [2.75, 3.05) is 4.90 Å². The lowest BCUT2D eigenvalue weighted by Crippen LogP contribution is -2.28. The Morgan fingerprint density at radius 3 is 1.54 bits per heavy atom. The predicted octanol–water partition coefficient (Wildman–Crippen LogP) is 16.5. The van der Waals surface area contributed by atoms with Gasteiger partial charge in [-0.15, -0.1) is 0 Å². The van der Waals surface area contributed by atoms with Crippen LogP contribution in [0, 0.1) is 0 Å². The number of nitrogens with zero attached hydrogens (tertiary/aromatic N) is 2. The van der Waals surface area contributed by atoms with Crippen LogP contribution in [-0.2, 0) is 5.41 Å². The van der Waals surface area contributed by atoms with Gasteiger partial charge in [0.1, 0.15) is 0 Å². The minimum atomic E-state index is -0.462. The third-order valence-electron chi connectivity index (χ3n) is 13.3. The fraction of sp³-hybridized carbons (Fsp3) is 0.0159. The Labute approximate surface area is 380 Å². The van der Waals surface area contributed by atoms with Crippen molar-refractivity contribution in [1.82, 2.24) is 4.57 Å². The molecule has 0 spiro atoms. The Balaban J connectivity index is 1.03. The van der Waals surface area contributed by atoms with E-state index in [4.69, 9.17) is 0 Å². The molecule has 306 valence electrons. The summed E-state index contributed by atoms with van der Waals surface area (Å²) < 4.78 is 2.25. The number of hydrogen-bond acceptors (Lipinski definition) is 1. The first kappa shape index (κ1) is 38.2. The maximum absolute atomic E-state index is 2.45. The van der Waals surface area contributed by atoms with Gasteiger partial charge in [-0.3, -0.25) is 0 Å². The zero-order chi connectivity index (χ0) is 43.2. The average Bonchev–Trinajstić information content (AvgIpc) is 3.95. The van der Waals surface area contributed by atoms with Crippen molar-refractivity contribution in [2.45, 2.75) is 5.41 Å². The molecular weight excluding hydrogens is 785 g/mol. The van der Waals surface area contributed by atoms with Gasteiger partial charge in [-0.05, 0) is 116 Å². The van der Waals surface area contributed by atoms with Crippen molar-refractivity contribution < 1.29 is 0 Å². The van der Waals surface area contributed by atoms with Gasteiger partial charge in [0.15, 0.2) is 0 Å². The SMILES string of the molecule is c1ccc(-c2cccc(-c3ccc4c(c3)-c3ccccc3C4(c3ccccc3)c3ccccc3)c2N(c2ccccc2)c2ccc(-c3ccc4c(ccn4-c4ccccc4)c3)cc2)cc1. The highest BCUT2D eigenvalue weighted by molar-refractivity contribution is 5.99. The molecule has 1 heterocycles. The van der Waals surface area contributed by atoms with Gasteiger partial charge in [0.2, 0.25) is 0 Å². The van der Waals surface area contributed by atoms with Gasteiger partial charge in [-0.2, -0.15) is 0 Å². The molecule has 0 aliphatic heterocycles. The van der Waals surface area contributed by atoms with Crippen molar-refractivity contribution in [2.24, 2.45) is 0 Å². The van der Waals surface area contributed by atoms with Gasteiger partial charge in [-0.25, -0.2) is 0 Å². The molecule has 0 unspecified atom stereocenters. The predicted molar refractivity (Wildman–Crippen MR) is 272 cm³/mol. The molecule has 11 aromatic rings. The molecule has 65 heavy (non-hydrogen) atoms. The van der Waals surface area contributed by atoms with Crippen LogP contribution in [0.25, 0.3) is 61.1 Å². The third kappa shape index (κ3) is 6.41. The van der Waals surface area contributed by atoms with Crippen molar-refractivity contribution >= 4 is 28.0 Å². The van der Waals surface area contributed by atoms with E-state index in [0.717, 1.165) is 45.0 Å². The molecule has 0 amide bonds. The summed E-state index contributed by atoms with van der Waals surface area (Å²) in [6.07, 6.45) is 2.16. The first-order valence-electron chi connectivity index (χ1n) is 22.4. The van der Waals surface area contributed by atoms with Gasteiger partial charge in [0.25, 0.3) is 0 Å². The Bertz CT molecular complexity index is 3410. The normalized spacial score (nSPS) is 12.4. The van der Waals surface area contributed by atoms with E-state index < -0.39 is 5.41 Å². The quantitative estimate of drug-likeness (QED) is 0.141. The summed E-state index contributed by atoms with van der Waals surface area (Å²) in [6, 6.07) is 95.3. The van der Waals surface area contributed by atoms with E-state index in [9.17, 15) is 0 Å². The average molecular weight is 829 g/mol. The molecule has 0 saturated carbocycles. The van der Waals surface area contributed by atoms with E-state index in [1.165, 1.54) is 55.4 Å². The maximum Gasteiger partial charge on any atom is 0.0713 e. The molecule has 1 aliphatic rings. The summed E-state index contributed by atoms with van der Waals surface area (Å²) in [4.78, 5) is 2.45. The number of rotatable bonds is 9. The Kier molecular flexibility index (Phi) is 9.43. The number of para-hydroxylation sites is 3. The number of hydrogen-bond donors (Lipinski definition) is 0. The first-order chi connectivity index (χ1) is 32.3. The molecule has 10 aromatic carbocycles. The van der Waals surface area contributed by atoms with Crippen LogP contribution in [0.1, 0.15) is 22.3 Å². The highest BCUT2D eigenvalue weighted by Gasteiger charge is 2.46. The highest BCUT2D eigenvalue weighted by Crippen LogP contribution is 2.57. The van der Waals surface area contributed by atoms with Crippen molar-refractivity contribution in [3.05, 3.63) is 289 Å². The maximum atomic E-state index is 2.45. The summed E-state index contributed by atoms with van der Waals surface area (Å²) in [5.41, 5.74) is 19.9. The summed E-state index contributed by atoms with van der Waals surface area (Å²) in [6.45, 7) is 0. The molecule has 0 fully saturated rings. The van der Waals surface area contributed by atoms with Crippen LogP contribution in [-0.4, -0.2) is 4.57 Å². The van der Waals surface area contributed by atoms with E-state index >= 15 is 0 Å². The number of fused-ring (bicyclic) bond motifs is 4. The van der Waals surface area contributed by atoms with E-state index in [1.807, 2.05) is 0 Å². The number of aromatic nitrogens is 1. The van der Waals surface area contributed by atoms with Crippen LogP contribution >= 0.6 is 0 Å². The van der Waals surface area contributed by atoms with E-state index in [1.54, 1.807) is 0 Å². The Hall–Kier alpha value is -8.46. The molecule has 12 rings (SSSR count). The molecule has 0 saturated heterocycles. The van der Waals surface area contributed by atoms with Crippen LogP contribution in [0.2, 0.25) is 0 Å². The zero-order valence-corrected chi connectivity index (χ0v) is 35.8. The molecule has 0 N–H and O–H groups in total. The Morgan fingerprint density at radius 2 is 0.846 bits per heavy atom. The zero-order valence-electron chi connectivity index (χ0n) is 35.8.